The van der Waals surface area contributed by atoms with Crippen molar-refractivity contribution in [2.45, 2.75) is 6.92 Å². The van der Waals surface area contributed by atoms with E-state index in [1.54, 1.807) is 0 Å². The minimum Gasteiger partial charge on any atom is -0.254 e. The Labute approximate surface area is 117 Å². The van der Waals surface area contributed by atoms with Crippen molar-refractivity contribution in [2.75, 3.05) is 47.1 Å². The van der Waals surface area contributed by atoms with Crippen LogP contribution >= 0.6 is 11.6 Å². The van der Waals surface area contributed by atoms with Crippen LogP contribution in [0.3, 0.4) is 0 Å². The molecule has 0 aromatic carbocycles. The molecule has 0 amide bonds. The van der Waals surface area contributed by atoms with E-state index in [4.69, 9.17) is 11.6 Å². The molecule has 4 bridgehead atoms. The molecule has 2 atom stereocenters. The lowest BCUT2D eigenvalue weighted by Gasteiger charge is -2.61. The van der Waals surface area contributed by atoms with Crippen LogP contribution in [0, 0.1) is 6.92 Å². The van der Waals surface area contributed by atoms with Gasteiger partial charge < -0.3 is 0 Å². The van der Waals surface area contributed by atoms with E-state index >= 15 is 0 Å². The van der Waals surface area contributed by atoms with Gasteiger partial charge in [0.25, 0.3) is 0 Å². The maximum Gasteiger partial charge on any atom is 0.340 e. The van der Waals surface area contributed by atoms with Crippen LogP contribution in [0.2, 0.25) is 5.28 Å². The number of halogens is 1. The summed E-state index contributed by atoms with van der Waals surface area (Å²) in [6.07, 6.45) is 0. The van der Waals surface area contributed by atoms with Gasteiger partial charge in [-0.25, -0.2) is 4.98 Å². The molecule has 1 aromatic heterocycles. The number of aromatic nitrogens is 3. The zero-order valence-electron chi connectivity index (χ0n) is 11.3. The Morgan fingerprint density at radius 1 is 1.05 bits per heavy atom. The van der Waals surface area contributed by atoms with Crippen molar-refractivity contribution in [2.24, 2.45) is 0 Å². The van der Waals surface area contributed by atoms with Gasteiger partial charge in [-0.1, -0.05) is 0 Å². The maximum atomic E-state index is 6.02. The van der Waals surface area contributed by atoms with Gasteiger partial charge >= 0.3 is 5.95 Å². The molecule has 5 rings (SSSR count). The molecular formula is C11H18ClN7+2. The van der Waals surface area contributed by atoms with E-state index in [9.17, 15) is 0 Å². The number of aryl methyl sites for hydroxylation is 1. The summed E-state index contributed by atoms with van der Waals surface area (Å²) in [7, 11) is 2.31. The SMILES string of the molecule is Cc1nc(Cl)nc([N+]23CN4CN(C[N+](C)(C4)C2)C3)n1. The second-order valence-electron chi connectivity index (χ2n) is 6.41. The van der Waals surface area contributed by atoms with E-state index in [0.29, 0.717) is 11.1 Å². The smallest absolute Gasteiger partial charge is 0.254 e. The van der Waals surface area contributed by atoms with E-state index in [0.717, 1.165) is 54.9 Å². The van der Waals surface area contributed by atoms with Gasteiger partial charge in [-0.2, -0.15) is 19.3 Å². The molecule has 8 heteroatoms. The molecule has 1 aromatic rings. The van der Waals surface area contributed by atoms with E-state index < -0.39 is 0 Å². The van der Waals surface area contributed by atoms with Gasteiger partial charge in [0.2, 0.25) is 12.0 Å². The van der Waals surface area contributed by atoms with E-state index in [1.165, 1.54) is 0 Å². The number of rotatable bonds is 1. The van der Waals surface area contributed by atoms with Gasteiger partial charge in [0.05, 0.1) is 13.7 Å². The van der Waals surface area contributed by atoms with Crippen LogP contribution < -0.4 is 4.48 Å². The van der Waals surface area contributed by atoms with Crippen molar-refractivity contribution in [1.82, 2.24) is 29.2 Å². The molecule has 7 nitrogen and oxygen atoms in total. The molecule has 2 unspecified atom stereocenters. The van der Waals surface area contributed by atoms with Gasteiger partial charge in [0, 0.05) is 0 Å². The average Bonchev–Trinajstić information content (AvgIpc) is 2.23. The molecule has 19 heavy (non-hydrogen) atoms. The lowest BCUT2D eigenvalue weighted by Crippen LogP contribution is -2.85. The predicted molar refractivity (Wildman–Crippen MR) is 70.4 cm³/mol. The standard InChI is InChI=1S/C11H18ClN7/c1-9-13-10(12)15-11(14-9)19-6-16-3-17(7-19)5-18(2,4-16)8-19/h3-8H2,1-2H3/q+2. The third-order valence-electron chi connectivity index (χ3n) is 4.17. The van der Waals surface area contributed by atoms with E-state index in [2.05, 4.69) is 31.8 Å². The van der Waals surface area contributed by atoms with Crippen molar-refractivity contribution < 1.29 is 4.48 Å². The molecule has 0 spiro atoms. The summed E-state index contributed by atoms with van der Waals surface area (Å²) < 4.78 is 1.81. The Bertz CT molecular complexity index is 514. The number of hydrogen-bond donors (Lipinski definition) is 0. The van der Waals surface area contributed by atoms with Gasteiger partial charge in [-0.05, 0) is 18.5 Å². The number of quaternary nitrogens is 2. The summed E-state index contributed by atoms with van der Waals surface area (Å²) in [5.74, 6) is 1.52. The fourth-order valence-corrected chi connectivity index (χ4v) is 4.24. The Kier molecular flexibility index (Phi) is 2.27. The zero-order valence-corrected chi connectivity index (χ0v) is 12.0. The third-order valence-corrected chi connectivity index (χ3v) is 4.34. The first-order valence-electron chi connectivity index (χ1n) is 6.50. The van der Waals surface area contributed by atoms with Gasteiger partial charge in [0.15, 0.2) is 13.3 Å². The molecule has 4 fully saturated rings. The summed E-state index contributed by atoms with van der Waals surface area (Å²) in [6, 6.07) is 0. The molecule has 0 saturated carbocycles. The summed E-state index contributed by atoms with van der Waals surface area (Å²) in [5.41, 5.74) is 0. The highest BCUT2D eigenvalue weighted by molar-refractivity contribution is 6.28. The van der Waals surface area contributed by atoms with Crippen molar-refractivity contribution in [3.8, 4) is 0 Å². The first kappa shape index (κ1) is 11.9. The van der Waals surface area contributed by atoms with Crippen molar-refractivity contribution in [1.29, 1.82) is 0 Å². The highest BCUT2D eigenvalue weighted by atomic mass is 35.5. The maximum absolute atomic E-state index is 6.02. The Morgan fingerprint density at radius 3 is 2.32 bits per heavy atom. The van der Waals surface area contributed by atoms with Crippen molar-refractivity contribution >= 4 is 17.5 Å². The van der Waals surface area contributed by atoms with Crippen LogP contribution in [-0.2, 0) is 0 Å². The van der Waals surface area contributed by atoms with Crippen LogP contribution in [0.5, 0.6) is 0 Å². The first-order valence-corrected chi connectivity index (χ1v) is 6.87. The Morgan fingerprint density at radius 2 is 1.74 bits per heavy atom. The lowest BCUT2D eigenvalue weighted by atomic mass is 10.2. The molecule has 5 heterocycles. The Hall–Kier alpha value is -0.860. The second kappa shape index (κ2) is 3.62. The average molecular weight is 284 g/mol. The molecule has 0 aliphatic carbocycles. The number of hydrogen-bond acceptors (Lipinski definition) is 5. The summed E-state index contributed by atoms with van der Waals surface area (Å²) in [6.45, 7) is 8.16. The molecular weight excluding hydrogens is 266 g/mol. The fourth-order valence-electron chi connectivity index (χ4n) is 4.04. The lowest BCUT2D eigenvalue weighted by molar-refractivity contribution is -0.962. The Balaban J connectivity index is 1.81. The number of nitrogens with zero attached hydrogens (tertiary/aromatic N) is 7. The van der Waals surface area contributed by atoms with Gasteiger partial charge in [-0.3, -0.25) is 4.48 Å². The third kappa shape index (κ3) is 1.77. The zero-order chi connectivity index (χ0) is 13.3. The molecule has 4 aliphatic heterocycles. The van der Waals surface area contributed by atoms with Crippen LogP contribution in [-0.4, -0.2) is 76.3 Å². The molecule has 102 valence electrons. The quantitative estimate of drug-likeness (QED) is 0.678. The van der Waals surface area contributed by atoms with Crippen LogP contribution in [0.4, 0.5) is 5.95 Å². The molecule has 4 aliphatic rings. The largest absolute Gasteiger partial charge is 0.340 e. The fraction of sp³-hybridized carbons (Fsp3) is 0.727. The molecule has 0 N–H and O–H groups in total. The minimum atomic E-state index is 0.305. The van der Waals surface area contributed by atoms with Gasteiger partial charge in [0.1, 0.15) is 19.2 Å². The highest BCUT2D eigenvalue weighted by Gasteiger charge is 2.58. The van der Waals surface area contributed by atoms with Crippen LogP contribution in [0.25, 0.3) is 0 Å². The highest BCUT2D eigenvalue weighted by Crippen LogP contribution is 2.35. The second-order valence-corrected chi connectivity index (χ2v) is 6.74. The van der Waals surface area contributed by atoms with Gasteiger partial charge in [-0.15, -0.1) is 4.98 Å². The van der Waals surface area contributed by atoms with E-state index in [1.807, 2.05) is 6.92 Å². The first-order chi connectivity index (χ1) is 8.96. The minimum absolute atomic E-state index is 0.305. The van der Waals surface area contributed by atoms with E-state index in [-0.39, 0.29) is 0 Å². The topological polar surface area (TPSA) is 45.2 Å². The van der Waals surface area contributed by atoms with Crippen molar-refractivity contribution in [3.63, 3.8) is 0 Å². The van der Waals surface area contributed by atoms with Crippen LogP contribution in [0.1, 0.15) is 5.82 Å². The summed E-state index contributed by atoms with van der Waals surface area (Å²) >= 11 is 6.02. The van der Waals surface area contributed by atoms with Crippen LogP contribution in [0.15, 0.2) is 0 Å². The molecule has 4 saturated heterocycles. The van der Waals surface area contributed by atoms with Crippen molar-refractivity contribution in [3.05, 3.63) is 11.1 Å². The summed E-state index contributed by atoms with van der Waals surface area (Å²) in [5, 5.41) is 0.305. The predicted octanol–water partition coefficient (Wildman–Crippen LogP) is -0.0229. The summed E-state index contributed by atoms with van der Waals surface area (Å²) in [4.78, 5) is 18.0. The normalized spacial score (nSPS) is 43.7. The monoisotopic (exact) mass is 283 g/mol. The molecule has 0 radical (unpaired) electrons.